The lowest BCUT2D eigenvalue weighted by atomic mass is 10.1. The molecule has 1 amide bonds. The van der Waals surface area contributed by atoms with E-state index in [1.807, 2.05) is 38.2 Å². The van der Waals surface area contributed by atoms with E-state index in [9.17, 15) is 4.79 Å². The number of ether oxygens (including phenoxy) is 1. The second kappa shape index (κ2) is 5.65. The number of rotatable bonds is 3. The highest BCUT2D eigenvalue weighted by atomic mass is 16.5. The third-order valence-corrected chi connectivity index (χ3v) is 3.51. The predicted octanol–water partition coefficient (Wildman–Crippen LogP) is 1.99. The van der Waals surface area contributed by atoms with E-state index in [1.54, 1.807) is 11.0 Å². The molecule has 110 valence electrons. The Hall–Kier alpha value is -2.21. The van der Waals surface area contributed by atoms with Gasteiger partial charge in [-0.05, 0) is 31.9 Å². The molecule has 0 unspecified atom stereocenters. The van der Waals surface area contributed by atoms with E-state index in [-0.39, 0.29) is 18.1 Å². The van der Waals surface area contributed by atoms with Crippen molar-refractivity contribution in [3.63, 3.8) is 0 Å². The fraction of sp³-hybridized carbons (Fsp3) is 0.400. The molecule has 6 nitrogen and oxygen atoms in total. The molecule has 0 aliphatic carbocycles. The van der Waals surface area contributed by atoms with Gasteiger partial charge in [0.1, 0.15) is 12.4 Å². The van der Waals surface area contributed by atoms with Crippen LogP contribution in [0.5, 0.6) is 0 Å². The molecule has 2 heterocycles. The van der Waals surface area contributed by atoms with Crippen LogP contribution in [0.1, 0.15) is 19.8 Å². The molecular weight excluding hydrogens is 268 g/mol. The summed E-state index contributed by atoms with van der Waals surface area (Å²) in [5.41, 5.74) is 1.60. The fourth-order valence-corrected chi connectivity index (χ4v) is 2.43. The van der Waals surface area contributed by atoms with Crippen LogP contribution < -0.4 is 5.32 Å². The first-order valence-electron chi connectivity index (χ1n) is 7.04. The summed E-state index contributed by atoms with van der Waals surface area (Å²) in [7, 11) is 1.82. The van der Waals surface area contributed by atoms with Crippen molar-refractivity contribution >= 4 is 11.6 Å². The number of nitrogens with zero attached hydrogens (tertiary/aromatic N) is 3. The number of anilines is 1. The molecule has 1 aliphatic rings. The quantitative estimate of drug-likeness (QED) is 0.937. The van der Waals surface area contributed by atoms with Crippen LogP contribution >= 0.6 is 0 Å². The molecule has 1 saturated heterocycles. The van der Waals surface area contributed by atoms with E-state index in [0.29, 0.717) is 5.82 Å². The summed E-state index contributed by atoms with van der Waals surface area (Å²) in [4.78, 5) is 16.3. The predicted molar refractivity (Wildman–Crippen MR) is 78.6 cm³/mol. The number of carbonyl (C=O) groups is 1. The van der Waals surface area contributed by atoms with Gasteiger partial charge in [-0.1, -0.05) is 12.1 Å². The average Bonchev–Trinajstić information content (AvgIpc) is 3.08. The van der Waals surface area contributed by atoms with Gasteiger partial charge in [0.05, 0.1) is 6.10 Å². The van der Waals surface area contributed by atoms with E-state index in [2.05, 4.69) is 15.4 Å². The monoisotopic (exact) mass is 286 g/mol. The van der Waals surface area contributed by atoms with E-state index in [1.165, 1.54) is 0 Å². The Bertz CT molecular complexity index is 653. The molecule has 0 spiro atoms. The van der Waals surface area contributed by atoms with Crippen LogP contribution in [0.15, 0.2) is 30.6 Å². The Balaban J connectivity index is 1.73. The zero-order valence-corrected chi connectivity index (χ0v) is 12.1. The van der Waals surface area contributed by atoms with Crippen molar-refractivity contribution in [3.8, 4) is 11.4 Å². The van der Waals surface area contributed by atoms with Crippen LogP contribution in [0.25, 0.3) is 11.4 Å². The second-order valence-electron chi connectivity index (χ2n) is 5.32. The minimum Gasteiger partial charge on any atom is -0.365 e. The summed E-state index contributed by atoms with van der Waals surface area (Å²) in [5, 5.41) is 7.15. The van der Waals surface area contributed by atoms with Gasteiger partial charge in [-0.15, -0.1) is 0 Å². The van der Waals surface area contributed by atoms with Crippen LogP contribution in [0.2, 0.25) is 0 Å². The number of carbonyl (C=O) groups excluding carboxylic acids is 1. The van der Waals surface area contributed by atoms with Gasteiger partial charge in [0.2, 0.25) is 0 Å². The zero-order valence-electron chi connectivity index (χ0n) is 12.1. The van der Waals surface area contributed by atoms with Crippen molar-refractivity contribution < 1.29 is 9.53 Å². The van der Waals surface area contributed by atoms with Gasteiger partial charge in [0.25, 0.3) is 5.91 Å². The van der Waals surface area contributed by atoms with Crippen LogP contribution in [0.4, 0.5) is 5.69 Å². The Labute approximate surface area is 123 Å². The second-order valence-corrected chi connectivity index (χ2v) is 5.32. The lowest BCUT2D eigenvalue weighted by Gasteiger charge is -2.12. The standard InChI is InChI=1S/C15H18N4O2/c1-10-6-7-13(21-10)15(20)17-12-5-3-4-11(8-12)14-16-9-19(2)18-14/h3-5,8-10,13H,6-7H2,1-2H3,(H,17,20)/t10-,13+/m1/s1. The van der Waals surface area contributed by atoms with Crippen LogP contribution in [-0.4, -0.2) is 32.9 Å². The summed E-state index contributed by atoms with van der Waals surface area (Å²) in [6.45, 7) is 1.99. The van der Waals surface area contributed by atoms with Crippen molar-refractivity contribution in [2.45, 2.75) is 32.0 Å². The summed E-state index contributed by atoms with van der Waals surface area (Å²) < 4.78 is 7.22. The molecular formula is C15H18N4O2. The molecule has 2 atom stereocenters. The SMILES string of the molecule is C[C@@H]1CC[C@@H](C(=O)Nc2cccc(-c3ncn(C)n3)c2)O1. The molecule has 1 fully saturated rings. The number of hydrogen-bond acceptors (Lipinski definition) is 4. The van der Waals surface area contributed by atoms with Crippen molar-refractivity contribution in [2.24, 2.45) is 7.05 Å². The van der Waals surface area contributed by atoms with Gasteiger partial charge in [-0.25, -0.2) is 4.98 Å². The minimum absolute atomic E-state index is 0.0921. The van der Waals surface area contributed by atoms with Crippen LogP contribution in [0, 0.1) is 0 Å². The first kappa shape index (κ1) is 13.8. The highest BCUT2D eigenvalue weighted by Crippen LogP contribution is 2.22. The number of nitrogens with one attached hydrogen (secondary N) is 1. The number of amides is 1. The minimum atomic E-state index is -0.350. The van der Waals surface area contributed by atoms with Gasteiger partial charge in [-0.2, -0.15) is 5.10 Å². The number of aryl methyl sites for hydroxylation is 1. The zero-order chi connectivity index (χ0) is 14.8. The third-order valence-electron chi connectivity index (χ3n) is 3.51. The highest BCUT2D eigenvalue weighted by molar-refractivity contribution is 5.94. The smallest absolute Gasteiger partial charge is 0.253 e. The fourth-order valence-electron chi connectivity index (χ4n) is 2.43. The maximum absolute atomic E-state index is 12.1. The molecule has 1 aromatic heterocycles. The van der Waals surface area contributed by atoms with Crippen molar-refractivity contribution in [3.05, 3.63) is 30.6 Å². The van der Waals surface area contributed by atoms with E-state index in [4.69, 9.17) is 4.74 Å². The summed E-state index contributed by atoms with van der Waals surface area (Å²) in [5.74, 6) is 0.546. The van der Waals surface area contributed by atoms with Gasteiger partial charge in [-0.3, -0.25) is 9.48 Å². The molecule has 2 aromatic rings. The lowest BCUT2D eigenvalue weighted by Crippen LogP contribution is -2.27. The molecule has 0 bridgehead atoms. The van der Waals surface area contributed by atoms with Crippen molar-refractivity contribution in [1.82, 2.24) is 14.8 Å². The van der Waals surface area contributed by atoms with Crippen LogP contribution in [0.3, 0.4) is 0 Å². The third kappa shape index (κ3) is 3.11. The Kier molecular flexibility index (Phi) is 3.70. The molecule has 1 aromatic carbocycles. The Morgan fingerprint density at radius 2 is 2.29 bits per heavy atom. The lowest BCUT2D eigenvalue weighted by molar-refractivity contribution is -0.126. The topological polar surface area (TPSA) is 69.0 Å². The van der Waals surface area contributed by atoms with E-state index >= 15 is 0 Å². The molecule has 6 heteroatoms. The first-order valence-corrected chi connectivity index (χ1v) is 7.04. The van der Waals surface area contributed by atoms with Gasteiger partial charge >= 0.3 is 0 Å². The van der Waals surface area contributed by atoms with E-state index in [0.717, 1.165) is 24.1 Å². The van der Waals surface area contributed by atoms with Gasteiger partial charge in [0, 0.05) is 18.3 Å². The summed E-state index contributed by atoms with van der Waals surface area (Å²) in [6, 6.07) is 7.51. The average molecular weight is 286 g/mol. The molecule has 3 rings (SSSR count). The van der Waals surface area contributed by atoms with Gasteiger partial charge in [0.15, 0.2) is 5.82 Å². The number of aromatic nitrogens is 3. The molecule has 0 saturated carbocycles. The summed E-state index contributed by atoms with van der Waals surface area (Å²) >= 11 is 0. The van der Waals surface area contributed by atoms with Gasteiger partial charge < -0.3 is 10.1 Å². The molecule has 1 N–H and O–H groups in total. The maximum Gasteiger partial charge on any atom is 0.253 e. The Morgan fingerprint density at radius 1 is 1.43 bits per heavy atom. The summed E-state index contributed by atoms with van der Waals surface area (Å²) in [6.07, 6.45) is 3.15. The number of benzene rings is 1. The Morgan fingerprint density at radius 3 is 2.95 bits per heavy atom. The number of hydrogen-bond donors (Lipinski definition) is 1. The molecule has 21 heavy (non-hydrogen) atoms. The van der Waals surface area contributed by atoms with E-state index < -0.39 is 0 Å². The molecule has 0 radical (unpaired) electrons. The van der Waals surface area contributed by atoms with Crippen LogP contribution in [-0.2, 0) is 16.6 Å². The maximum atomic E-state index is 12.1. The van der Waals surface area contributed by atoms with Crippen molar-refractivity contribution in [2.75, 3.05) is 5.32 Å². The highest BCUT2D eigenvalue weighted by Gasteiger charge is 2.28. The first-order chi connectivity index (χ1) is 10.1. The largest absolute Gasteiger partial charge is 0.365 e. The molecule has 1 aliphatic heterocycles. The van der Waals surface area contributed by atoms with Crippen molar-refractivity contribution in [1.29, 1.82) is 0 Å². The normalized spacial score (nSPS) is 21.4.